The Hall–Kier alpha value is -8.74. The molecule has 600 valence electrons. The molecule has 0 aliphatic heterocycles. The molecule has 7 N–H and O–H groups in total. The van der Waals surface area contributed by atoms with Crippen molar-refractivity contribution in [1.29, 1.82) is 0 Å². The van der Waals surface area contributed by atoms with Crippen LogP contribution in [0, 0.1) is 0 Å². The van der Waals surface area contributed by atoms with Gasteiger partial charge in [-0.2, -0.15) is 0 Å². The number of fused-ring (bicyclic) bond motifs is 6. The Morgan fingerprint density at radius 2 is 0.757 bits per heavy atom. The van der Waals surface area contributed by atoms with Crippen LogP contribution in [0.2, 0.25) is 0 Å². The number of rotatable bonds is 12. The van der Waals surface area contributed by atoms with Crippen molar-refractivity contribution in [1.82, 2.24) is 35.2 Å². The fraction of sp³-hybridized carbons (Fsp3) is 0.495. The van der Waals surface area contributed by atoms with Gasteiger partial charge < -0.3 is 49.4 Å². The Kier molecular flexibility index (Phi) is 28.4. The number of carbonyl (C=O) groups is 2. The van der Waals surface area contributed by atoms with E-state index in [0.717, 1.165) is 54.0 Å². The summed E-state index contributed by atoms with van der Waals surface area (Å²) in [6.07, 6.45) is 19.8. The molecule has 1 aliphatic carbocycles. The number of carbonyl (C=O) groups excluding carboxylic acids is 2. The largest absolute Gasteiger partial charge is 0.466 e. The highest BCUT2D eigenvalue weighted by Crippen LogP contribution is 2.40. The van der Waals surface area contributed by atoms with Gasteiger partial charge in [-0.05, 0) is 213 Å². The minimum atomic E-state index is -0.464. The van der Waals surface area contributed by atoms with E-state index in [1.54, 1.807) is 5.56 Å². The minimum absolute atomic E-state index is 0.126. The number of H-pyrrole nitrogens is 6. The second-order valence-corrected chi connectivity index (χ2v) is 39.2. The van der Waals surface area contributed by atoms with E-state index in [9.17, 15) is 9.59 Å². The highest BCUT2D eigenvalue weighted by molar-refractivity contribution is 5.90. The molecule has 6 heterocycles. The Labute approximate surface area is 666 Å². The lowest BCUT2D eigenvalue weighted by Crippen LogP contribution is -2.33. The van der Waals surface area contributed by atoms with Crippen LogP contribution in [-0.2, 0) is 76.2 Å². The van der Waals surface area contributed by atoms with Gasteiger partial charge in [0, 0.05) is 116 Å². The summed E-state index contributed by atoms with van der Waals surface area (Å²) in [5.74, 6) is 1.19. The molecule has 0 bridgehead atoms. The van der Waals surface area contributed by atoms with E-state index < -0.39 is 5.60 Å². The average molecular weight is 1510 g/mol. The summed E-state index contributed by atoms with van der Waals surface area (Å²) in [4.78, 5) is 43.4. The van der Waals surface area contributed by atoms with Gasteiger partial charge in [0.05, 0.1) is 19.6 Å². The molecule has 1 amide bonds. The Morgan fingerprint density at radius 1 is 0.405 bits per heavy atom. The summed E-state index contributed by atoms with van der Waals surface area (Å²) >= 11 is 0. The van der Waals surface area contributed by atoms with Gasteiger partial charge in [-0.25, -0.2) is 4.79 Å². The van der Waals surface area contributed by atoms with Crippen LogP contribution in [-0.4, -0.2) is 73.9 Å². The Bertz CT molecular complexity index is 5010. The molecule has 12 aromatic rings. The topological polar surface area (TPSA) is 169 Å². The van der Waals surface area contributed by atoms with Gasteiger partial charge in [-0.3, -0.25) is 4.79 Å². The number of benzene rings is 6. The molecule has 6 aromatic heterocycles. The van der Waals surface area contributed by atoms with E-state index in [1.807, 2.05) is 47.0 Å². The van der Waals surface area contributed by atoms with Crippen molar-refractivity contribution in [2.24, 2.45) is 0 Å². The summed E-state index contributed by atoms with van der Waals surface area (Å²) < 4.78 is 15.6. The molecule has 0 unspecified atom stereocenters. The number of hydrogen-bond donors (Lipinski definition) is 7. The van der Waals surface area contributed by atoms with Crippen LogP contribution in [0.25, 0.3) is 65.4 Å². The van der Waals surface area contributed by atoms with E-state index >= 15 is 0 Å². The van der Waals surface area contributed by atoms with Crippen molar-refractivity contribution >= 4 is 77.5 Å². The SMILES string of the molecule is CC(C)(C)OC(=O)NCCc1c[nH]c2cc(C(C)(C)C)ccc12.CC(C)(C)c1ccc2c(C(C)(C)C)c[nH]c2c1.CC(C)(C)c1ccc2c(C3CCCC3)c[nH]c2c1.CC(C)c1c[nH]c2cc(C(C)(C)C)ccc12.CCOC(=O)Cc1c[nH]c2cc(C(C)(C)C)ccc12.CCOCCc1c[nH]c2cc(C(C)(C)C)ccc12. The monoisotopic (exact) mass is 1510 g/mol. The maximum Gasteiger partial charge on any atom is 0.407 e. The van der Waals surface area contributed by atoms with Crippen molar-refractivity contribution in [3.05, 3.63) is 213 Å². The maximum atomic E-state index is 11.7. The molecule has 1 fully saturated rings. The summed E-state index contributed by atoms with van der Waals surface area (Å²) in [5.41, 5.74) is 24.2. The van der Waals surface area contributed by atoms with E-state index in [1.165, 1.54) is 130 Å². The molecule has 1 aliphatic rings. The highest BCUT2D eigenvalue weighted by atomic mass is 16.6. The maximum absolute atomic E-state index is 11.7. The van der Waals surface area contributed by atoms with Crippen molar-refractivity contribution in [3.8, 4) is 0 Å². The van der Waals surface area contributed by atoms with Crippen LogP contribution in [0.4, 0.5) is 4.79 Å². The lowest BCUT2D eigenvalue weighted by molar-refractivity contribution is -0.142. The zero-order valence-corrected chi connectivity index (χ0v) is 73.3. The lowest BCUT2D eigenvalue weighted by atomic mass is 9.84. The number of hydrogen-bond acceptors (Lipinski definition) is 5. The first-order chi connectivity index (χ1) is 51.6. The summed E-state index contributed by atoms with van der Waals surface area (Å²) in [5, 5.41) is 10.6. The third-order valence-corrected chi connectivity index (χ3v) is 21.3. The van der Waals surface area contributed by atoms with Crippen molar-refractivity contribution in [3.63, 3.8) is 0 Å². The number of amides is 1. The number of aromatic amines is 6. The van der Waals surface area contributed by atoms with Crippen LogP contribution in [0.1, 0.15) is 298 Å². The van der Waals surface area contributed by atoms with Gasteiger partial charge in [0.25, 0.3) is 0 Å². The van der Waals surface area contributed by atoms with Gasteiger partial charge in [0.15, 0.2) is 0 Å². The molecule has 0 saturated heterocycles. The standard InChI is InChI=1S/C19H28N2O2.C17H23N.C16H21NO2.C16H23NO.C16H23N.C15H21N/c1-18(2,3)14-7-8-15-13(12-21-16(15)11-14)9-10-20-17(22)23-19(4,5)6;1-17(2,3)13-8-9-14-15(11-18-16(14)10-13)12-6-4-5-7-12;1-5-19-15(18)8-11-10-17-14-9-12(16(2,3)4)6-7-13(11)14;1-5-18-9-8-12-11-17-15-10-13(16(2,3)4)6-7-14(12)15;1-15(2,3)11-7-8-12-13(16(4,5)6)10-17-14(12)9-11;1-10(2)13-9-16-14-8-11(15(3,4)5)6-7-12(13)14/h7-8,11-12,21H,9-10H2,1-6H3,(H,20,22);8-12,18H,4-7H2,1-3H3;6-7,9-10,17H,5,8H2,1-4H3;6-7,10-11,17H,5,8-9H2,1-4H3;7-10,17H,1-6H3;6-10,16H,1-5H3. The zero-order chi connectivity index (χ0) is 82.0. The third-order valence-electron chi connectivity index (χ3n) is 21.3. The van der Waals surface area contributed by atoms with Crippen LogP contribution >= 0.6 is 0 Å². The van der Waals surface area contributed by atoms with Gasteiger partial charge in [0.1, 0.15) is 5.60 Å². The molecule has 0 radical (unpaired) electrons. The summed E-state index contributed by atoms with van der Waals surface area (Å²) in [7, 11) is 0. The van der Waals surface area contributed by atoms with Gasteiger partial charge >= 0.3 is 12.1 Å². The van der Waals surface area contributed by atoms with Crippen molar-refractivity contribution in [2.75, 3.05) is 26.4 Å². The van der Waals surface area contributed by atoms with Crippen LogP contribution in [0.5, 0.6) is 0 Å². The van der Waals surface area contributed by atoms with Crippen LogP contribution < -0.4 is 5.32 Å². The number of aromatic nitrogens is 6. The Morgan fingerprint density at radius 3 is 1.16 bits per heavy atom. The van der Waals surface area contributed by atoms with Gasteiger partial charge in [-0.1, -0.05) is 245 Å². The first-order valence-electron chi connectivity index (χ1n) is 41.0. The second-order valence-electron chi connectivity index (χ2n) is 39.2. The quantitative estimate of drug-likeness (QED) is 0.0477. The molecule has 12 heteroatoms. The molecule has 0 spiro atoms. The average Bonchev–Trinajstić information content (AvgIpc) is 1.67. The minimum Gasteiger partial charge on any atom is -0.466 e. The van der Waals surface area contributed by atoms with Gasteiger partial charge in [-0.15, -0.1) is 0 Å². The normalized spacial score (nSPS) is 13.3. The molecule has 13 rings (SSSR count). The molecule has 12 nitrogen and oxygen atoms in total. The Balaban J connectivity index is 0.000000168. The third kappa shape index (κ3) is 24.1. The van der Waals surface area contributed by atoms with Crippen molar-refractivity contribution < 1.29 is 23.8 Å². The molecule has 0 atom stereocenters. The zero-order valence-electron chi connectivity index (χ0n) is 73.3. The lowest BCUT2D eigenvalue weighted by Gasteiger charge is -2.20. The fourth-order valence-corrected chi connectivity index (χ4v) is 14.3. The number of ether oxygens (including phenoxy) is 3. The predicted octanol–water partition coefficient (Wildman–Crippen LogP) is 26.6. The molecule has 1 saturated carbocycles. The highest BCUT2D eigenvalue weighted by Gasteiger charge is 2.25. The first kappa shape index (κ1) is 87.8. The summed E-state index contributed by atoms with van der Waals surface area (Å²) in [6.45, 7) is 63.5. The predicted molar refractivity (Wildman–Crippen MR) is 474 cm³/mol. The van der Waals surface area contributed by atoms with Crippen molar-refractivity contribution in [2.45, 2.75) is 294 Å². The summed E-state index contributed by atoms with van der Waals surface area (Å²) in [6, 6.07) is 40.2. The number of nitrogens with one attached hydrogen (secondary N) is 7. The first-order valence-corrected chi connectivity index (χ1v) is 41.0. The number of alkyl carbamates (subject to hydrolysis) is 1. The fourth-order valence-electron chi connectivity index (χ4n) is 14.3. The van der Waals surface area contributed by atoms with E-state index in [0.29, 0.717) is 25.5 Å². The van der Waals surface area contributed by atoms with Crippen LogP contribution in [0.15, 0.2) is 146 Å². The van der Waals surface area contributed by atoms with Gasteiger partial charge in [0.2, 0.25) is 0 Å². The van der Waals surface area contributed by atoms with E-state index in [-0.39, 0.29) is 50.0 Å². The van der Waals surface area contributed by atoms with Crippen LogP contribution in [0.3, 0.4) is 0 Å². The van der Waals surface area contributed by atoms with E-state index in [2.05, 4.69) is 328 Å². The number of esters is 1. The molecular formula is C99H139N7O5. The molecular weight excluding hydrogens is 1370 g/mol. The smallest absolute Gasteiger partial charge is 0.407 e. The molecule has 111 heavy (non-hydrogen) atoms. The molecule has 6 aromatic carbocycles. The second kappa shape index (κ2) is 36.0. The van der Waals surface area contributed by atoms with E-state index in [4.69, 9.17) is 14.2 Å².